The molecule has 3 aromatic rings. The predicted molar refractivity (Wildman–Crippen MR) is 100 cm³/mol. The second kappa shape index (κ2) is 7.36. The van der Waals surface area contributed by atoms with Crippen LogP contribution in [0.1, 0.15) is 5.56 Å². The van der Waals surface area contributed by atoms with Crippen molar-refractivity contribution in [1.29, 1.82) is 0 Å². The Bertz CT molecular complexity index is 885. The van der Waals surface area contributed by atoms with E-state index in [1.54, 1.807) is 0 Å². The summed E-state index contributed by atoms with van der Waals surface area (Å²) in [5, 5.41) is 3.75. The first-order valence-electron chi connectivity index (χ1n) is 7.73. The molecule has 2 aromatic carbocycles. The Morgan fingerprint density at radius 3 is 2.92 bits per heavy atom. The molecule has 3 rings (SSSR count). The number of nitrogens with one attached hydrogen (secondary N) is 1. The lowest BCUT2D eigenvalue weighted by atomic mass is 10.2. The number of anilines is 1. The molecule has 0 radical (unpaired) electrons. The minimum absolute atomic E-state index is 0.0391. The molecular formula is C19H19N3OS. The Morgan fingerprint density at radius 2 is 2.12 bits per heavy atom. The van der Waals surface area contributed by atoms with Gasteiger partial charge in [0.15, 0.2) is 5.16 Å². The van der Waals surface area contributed by atoms with Crippen molar-refractivity contribution in [2.45, 2.75) is 18.6 Å². The van der Waals surface area contributed by atoms with E-state index in [-0.39, 0.29) is 5.91 Å². The van der Waals surface area contributed by atoms with Gasteiger partial charge >= 0.3 is 0 Å². The Kier molecular flexibility index (Phi) is 5.01. The molecule has 4 nitrogen and oxygen atoms in total. The summed E-state index contributed by atoms with van der Waals surface area (Å²) in [7, 11) is 0. The van der Waals surface area contributed by atoms with Crippen molar-refractivity contribution in [3.63, 3.8) is 0 Å². The molecule has 0 unspecified atom stereocenters. The number of imidazole rings is 1. The number of aromatic nitrogens is 2. The lowest BCUT2D eigenvalue weighted by Crippen LogP contribution is -2.14. The van der Waals surface area contributed by atoms with Crippen molar-refractivity contribution in [2.24, 2.45) is 0 Å². The topological polar surface area (TPSA) is 46.9 Å². The van der Waals surface area contributed by atoms with E-state index in [1.165, 1.54) is 11.8 Å². The first-order valence-corrected chi connectivity index (χ1v) is 8.71. The molecular weight excluding hydrogens is 318 g/mol. The SMILES string of the molecule is C=CCn1c(SCC(=O)Nc2cccc(C)c2)nc2ccccc21. The number of hydrogen-bond donors (Lipinski definition) is 1. The Morgan fingerprint density at radius 1 is 1.29 bits per heavy atom. The summed E-state index contributed by atoms with van der Waals surface area (Å²) >= 11 is 1.44. The van der Waals surface area contributed by atoms with Gasteiger partial charge in [-0.15, -0.1) is 6.58 Å². The highest BCUT2D eigenvalue weighted by Crippen LogP contribution is 2.24. The van der Waals surface area contributed by atoms with Crippen molar-refractivity contribution in [1.82, 2.24) is 9.55 Å². The van der Waals surface area contributed by atoms with Crippen LogP contribution in [0.2, 0.25) is 0 Å². The van der Waals surface area contributed by atoms with Gasteiger partial charge in [-0.25, -0.2) is 4.98 Å². The van der Waals surface area contributed by atoms with Crippen LogP contribution in [0.15, 0.2) is 66.3 Å². The number of carbonyl (C=O) groups excluding carboxylic acids is 1. The summed E-state index contributed by atoms with van der Waals surface area (Å²) in [5.41, 5.74) is 3.92. The van der Waals surface area contributed by atoms with Crippen LogP contribution in [-0.2, 0) is 11.3 Å². The number of fused-ring (bicyclic) bond motifs is 1. The van der Waals surface area contributed by atoms with Crippen molar-refractivity contribution in [3.05, 3.63) is 66.7 Å². The van der Waals surface area contributed by atoms with E-state index in [4.69, 9.17) is 0 Å². The number of thioether (sulfide) groups is 1. The summed E-state index contributed by atoms with van der Waals surface area (Å²) in [6.45, 7) is 6.48. The smallest absolute Gasteiger partial charge is 0.234 e. The molecule has 0 fully saturated rings. The number of nitrogens with zero attached hydrogens (tertiary/aromatic N) is 2. The molecule has 0 atom stereocenters. The van der Waals surface area contributed by atoms with E-state index in [0.717, 1.165) is 27.4 Å². The molecule has 1 aromatic heterocycles. The molecule has 0 spiro atoms. The number of amides is 1. The summed E-state index contributed by atoms with van der Waals surface area (Å²) in [6, 6.07) is 15.7. The number of aryl methyl sites for hydroxylation is 1. The molecule has 0 saturated carbocycles. The number of hydrogen-bond acceptors (Lipinski definition) is 3. The molecule has 0 bridgehead atoms. The van der Waals surface area contributed by atoms with E-state index in [2.05, 4.69) is 21.4 Å². The first kappa shape index (κ1) is 16.3. The zero-order chi connectivity index (χ0) is 16.9. The number of allylic oxidation sites excluding steroid dienone is 1. The fourth-order valence-electron chi connectivity index (χ4n) is 2.52. The van der Waals surface area contributed by atoms with Gasteiger partial charge < -0.3 is 9.88 Å². The number of benzene rings is 2. The summed E-state index contributed by atoms with van der Waals surface area (Å²) in [5.74, 6) is 0.275. The van der Waals surface area contributed by atoms with Gasteiger partial charge in [0, 0.05) is 12.2 Å². The minimum Gasteiger partial charge on any atom is -0.325 e. The summed E-state index contributed by atoms with van der Waals surface area (Å²) in [4.78, 5) is 16.8. The number of para-hydroxylation sites is 2. The van der Waals surface area contributed by atoms with Gasteiger partial charge in [0.1, 0.15) is 0 Å². The molecule has 5 heteroatoms. The van der Waals surface area contributed by atoms with Crippen molar-refractivity contribution >= 4 is 34.4 Å². The van der Waals surface area contributed by atoms with Crippen LogP contribution in [0.25, 0.3) is 11.0 Å². The van der Waals surface area contributed by atoms with Crippen LogP contribution in [0.3, 0.4) is 0 Å². The molecule has 1 heterocycles. The Hall–Kier alpha value is -2.53. The largest absolute Gasteiger partial charge is 0.325 e. The van der Waals surface area contributed by atoms with Gasteiger partial charge in [-0.1, -0.05) is 42.1 Å². The van der Waals surface area contributed by atoms with Crippen LogP contribution in [0.5, 0.6) is 0 Å². The third-order valence-electron chi connectivity index (χ3n) is 3.57. The molecule has 0 aliphatic carbocycles. The van der Waals surface area contributed by atoms with Crippen molar-refractivity contribution in [2.75, 3.05) is 11.1 Å². The van der Waals surface area contributed by atoms with Gasteiger partial charge in [-0.2, -0.15) is 0 Å². The van der Waals surface area contributed by atoms with Crippen LogP contribution in [0.4, 0.5) is 5.69 Å². The molecule has 0 saturated heterocycles. The monoisotopic (exact) mass is 337 g/mol. The normalized spacial score (nSPS) is 10.7. The van der Waals surface area contributed by atoms with Gasteiger partial charge in [0.05, 0.1) is 16.8 Å². The average Bonchev–Trinajstić information content (AvgIpc) is 2.91. The van der Waals surface area contributed by atoms with Crippen LogP contribution in [-0.4, -0.2) is 21.2 Å². The number of rotatable bonds is 6. The minimum atomic E-state index is -0.0391. The van der Waals surface area contributed by atoms with Crippen molar-refractivity contribution in [3.8, 4) is 0 Å². The lowest BCUT2D eigenvalue weighted by Gasteiger charge is -2.07. The van der Waals surface area contributed by atoms with Gasteiger partial charge in [-0.05, 0) is 36.8 Å². The standard InChI is InChI=1S/C19H19N3OS/c1-3-11-22-17-10-5-4-9-16(17)21-19(22)24-13-18(23)20-15-8-6-7-14(2)12-15/h3-10,12H,1,11,13H2,2H3,(H,20,23). The maximum absolute atomic E-state index is 12.2. The first-order chi connectivity index (χ1) is 11.7. The summed E-state index contributed by atoms with van der Waals surface area (Å²) < 4.78 is 2.08. The van der Waals surface area contributed by atoms with E-state index >= 15 is 0 Å². The zero-order valence-electron chi connectivity index (χ0n) is 13.5. The number of carbonyl (C=O) groups is 1. The molecule has 24 heavy (non-hydrogen) atoms. The highest BCUT2D eigenvalue weighted by atomic mass is 32.2. The zero-order valence-corrected chi connectivity index (χ0v) is 14.3. The highest BCUT2D eigenvalue weighted by molar-refractivity contribution is 7.99. The fraction of sp³-hybridized carbons (Fsp3) is 0.158. The van der Waals surface area contributed by atoms with E-state index in [1.807, 2.05) is 61.5 Å². The lowest BCUT2D eigenvalue weighted by molar-refractivity contribution is -0.113. The van der Waals surface area contributed by atoms with Crippen LogP contribution in [0, 0.1) is 6.92 Å². The predicted octanol–water partition coefficient (Wildman–Crippen LogP) is 4.26. The molecule has 0 aliphatic rings. The van der Waals surface area contributed by atoms with Crippen LogP contribution >= 0.6 is 11.8 Å². The molecule has 1 N–H and O–H groups in total. The van der Waals surface area contributed by atoms with Gasteiger partial charge in [0.25, 0.3) is 0 Å². The Balaban J connectivity index is 1.72. The van der Waals surface area contributed by atoms with E-state index < -0.39 is 0 Å². The molecule has 0 aliphatic heterocycles. The molecule has 1 amide bonds. The van der Waals surface area contributed by atoms with Gasteiger partial charge in [-0.3, -0.25) is 4.79 Å². The van der Waals surface area contributed by atoms with Crippen molar-refractivity contribution < 1.29 is 4.79 Å². The second-order valence-electron chi connectivity index (χ2n) is 5.49. The third-order valence-corrected chi connectivity index (χ3v) is 4.54. The Labute approximate surface area is 145 Å². The average molecular weight is 337 g/mol. The highest BCUT2D eigenvalue weighted by Gasteiger charge is 2.12. The second-order valence-corrected chi connectivity index (χ2v) is 6.43. The molecule has 122 valence electrons. The third kappa shape index (κ3) is 3.68. The van der Waals surface area contributed by atoms with E-state index in [0.29, 0.717) is 12.3 Å². The maximum Gasteiger partial charge on any atom is 0.234 e. The quantitative estimate of drug-likeness (QED) is 0.540. The van der Waals surface area contributed by atoms with Crippen LogP contribution < -0.4 is 5.32 Å². The van der Waals surface area contributed by atoms with Gasteiger partial charge in [0.2, 0.25) is 5.91 Å². The van der Waals surface area contributed by atoms with E-state index in [9.17, 15) is 4.79 Å². The maximum atomic E-state index is 12.2. The summed E-state index contributed by atoms with van der Waals surface area (Å²) in [6.07, 6.45) is 1.84. The fourth-order valence-corrected chi connectivity index (χ4v) is 3.34.